The first-order chi connectivity index (χ1) is 8.20. The minimum Gasteiger partial charge on any atom is -0.496 e. The molecule has 0 aromatic heterocycles. The fourth-order valence-electron chi connectivity index (χ4n) is 1.96. The molecule has 1 saturated heterocycles. The van der Waals surface area contributed by atoms with Crippen LogP contribution in [0.1, 0.15) is 18.4 Å². The molecule has 1 aliphatic heterocycles. The van der Waals surface area contributed by atoms with E-state index in [-0.39, 0.29) is 18.1 Å². The number of likely N-dealkylation sites (tertiary alicyclic amines) is 1. The molecule has 0 radical (unpaired) electrons. The van der Waals surface area contributed by atoms with E-state index in [0.717, 1.165) is 11.3 Å². The average Bonchev–Trinajstić information content (AvgIpc) is 2.33. The fraction of sp³-hybridized carbons (Fsp3) is 0.385. The Morgan fingerprint density at radius 1 is 1.29 bits per heavy atom. The number of nitrogens with zero attached hydrogens (tertiary/aromatic N) is 1. The van der Waals surface area contributed by atoms with Crippen molar-refractivity contribution in [1.82, 2.24) is 4.90 Å². The molecule has 1 amide bonds. The van der Waals surface area contributed by atoms with E-state index in [1.165, 1.54) is 0 Å². The van der Waals surface area contributed by atoms with Crippen molar-refractivity contribution >= 4 is 11.7 Å². The van der Waals surface area contributed by atoms with Crippen LogP contribution in [-0.2, 0) is 16.1 Å². The average molecular weight is 233 g/mol. The maximum atomic E-state index is 11.7. The molecular weight excluding hydrogens is 218 g/mol. The van der Waals surface area contributed by atoms with Crippen molar-refractivity contribution in [3.63, 3.8) is 0 Å². The summed E-state index contributed by atoms with van der Waals surface area (Å²) in [7, 11) is 1.61. The molecule has 0 atom stereocenters. The molecule has 4 heteroatoms. The Bertz CT molecular complexity index is 442. The molecule has 1 aliphatic rings. The predicted molar refractivity (Wildman–Crippen MR) is 62.7 cm³/mol. The van der Waals surface area contributed by atoms with Crippen LogP contribution < -0.4 is 4.74 Å². The van der Waals surface area contributed by atoms with E-state index in [1.807, 2.05) is 24.3 Å². The fourth-order valence-corrected chi connectivity index (χ4v) is 1.96. The standard InChI is InChI=1S/C13H15NO3/c1-17-12-5-3-2-4-10(12)9-14-7-6-11(15)8-13(14)16/h2-5H,6-9H2,1H3. The number of ether oxygens (including phenoxy) is 1. The molecule has 0 bridgehead atoms. The van der Waals surface area contributed by atoms with E-state index in [2.05, 4.69) is 0 Å². The lowest BCUT2D eigenvalue weighted by Gasteiger charge is -2.26. The summed E-state index contributed by atoms with van der Waals surface area (Å²) in [6.45, 7) is 1.02. The molecule has 1 heterocycles. The van der Waals surface area contributed by atoms with Gasteiger partial charge in [-0.15, -0.1) is 0 Å². The van der Waals surface area contributed by atoms with E-state index < -0.39 is 0 Å². The minimum atomic E-state index is -0.0906. The number of carbonyl (C=O) groups is 2. The molecule has 90 valence electrons. The molecule has 2 rings (SSSR count). The predicted octanol–water partition coefficient (Wildman–Crippen LogP) is 1.39. The molecule has 1 aromatic rings. The van der Waals surface area contributed by atoms with Crippen molar-refractivity contribution in [3.05, 3.63) is 29.8 Å². The first-order valence-electron chi connectivity index (χ1n) is 5.62. The number of methoxy groups -OCH3 is 1. The van der Waals surface area contributed by atoms with Gasteiger partial charge in [-0.25, -0.2) is 0 Å². The van der Waals surface area contributed by atoms with Crippen LogP contribution in [-0.4, -0.2) is 30.2 Å². The number of hydrogen-bond acceptors (Lipinski definition) is 3. The Hall–Kier alpha value is -1.84. The van der Waals surface area contributed by atoms with Gasteiger partial charge in [0.25, 0.3) is 0 Å². The zero-order chi connectivity index (χ0) is 12.3. The number of amides is 1. The van der Waals surface area contributed by atoms with Gasteiger partial charge in [-0.05, 0) is 6.07 Å². The van der Waals surface area contributed by atoms with Gasteiger partial charge in [-0.2, -0.15) is 0 Å². The number of carbonyl (C=O) groups excluding carboxylic acids is 2. The van der Waals surface area contributed by atoms with Crippen LogP contribution in [0.15, 0.2) is 24.3 Å². The molecular formula is C13H15NO3. The van der Waals surface area contributed by atoms with Gasteiger partial charge in [0.15, 0.2) is 0 Å². The zero-order valence-corrected chi connectivity index (χ0v) is 9.81. The van der Waals surface area contributed by atoms with Gasteiger partial charge in [0, 0.05) is 25.1 Å². The third-order valence-corrected chi connectivity index (χ3v) is 2.92. The first kappa shape index (κ1) is 11.6. The molecule has 0 unspecified atom stereocenters. The van der Waals surface area contributed by atoms with Crippen molar-refractivity contribution < 1.29 is 14.3 Å². The van der Waals surface area contributed by atoms with E-state index in [4.69, 9.17) is 4.74 Å². The lowest BCUT2D eigenvalue weighted by molar-refractivity contribution is -0.139. The number of piperidine rings is 1. The van der Waals surface area contributed by atoms with Gasteiger partial charge in [0.1, 0.15) is 11.5 Å². The maximum absolute atomic E-state index is 11.7. The van der Waals surface area contributed by atoms with Crippen LogP contribution in [0.4, 0.5) is 0 Å². The van der Waals surface area contributed by atoms with Gasteiger partial charge >= 0.3 is 0 Å². The van der Waals surface area contributed by atoms with Gasteiger partial charge in [-0.3, -0.25) is 9.59 Å². The summed E-state index contributed by atoms with van der Waals surface area (Å²) in [6, 6.07) is 7.61. The number of hydrogen-bond donors (Lipinski definition) is 0. The lowest BCUT2D eigenvalue weighted by Crippen LogP contribution is -2.38. The van der Waals surface area contributed by atoms with Gasteiger partial charge in [-0.1, -0.05) is 18.2 Å². The maximum Gasteiger partial charge on any atom is 0.230 e. The van der Waals surface area contributed by atoms with Gasteiger partial charge in [0.05, 0.1) is 13.5 Å². The van der Waals surface area contributed by atoms with Crippen LogP contribution >= 0.6 is 0 Å². The molecule has 0 spiro atoms. The van der Waals surface area contributed by atoms with Crippen LogP contribution in [0, 0.1) is 0 Å². The van der Waals surface area contributed by atoms with Gasteiger partial charge in [0.2, 0.25) is 5.91 Å². The Balaban J connectivity index is 2.10. The van der Waals surface area contributed by atoms with E-state index in [1.54, 1.807) is 12.0 Å². The van der Waals surface area contributed by atoms with E-state index >= 15 is 0 Å². The summed E-state index contributed by atoms with van der Waals surface area (Å²) < 4.78 is 5.24. The topological polar surface area (TPSA) is 46.6 Å². The van der Waals surface area contributed by atoms with Crippen LogP contribution in [0.3, 0.4) is 0 Å². The first-order valence-corrected chi connectivity index (χ1v) is 5.62. The summed E-state index contributed by atoms with van der Waals surface area (Å²) in [5, 5.41) is 0. The molecule has 17 heavy (non-hydrogen) atoms. The summed E-state index contributed by atoms with van der Waals surface area (Å²) >= 11 is 0. The van der Waals surface area contributed by atoms with E-state index in [0.29, 0.717) is 19.5 Å². The number of rotatable bonds is 3. The number of para-hydroxylation sites is 1. The van der Waals surface area contributed by atoms with Crippen LogP contribution in [0.25, 0.3) is 0 Å². The van der Waals surface area contributed by atoms with Crippen molar-refractivity contribution in [2.75, 3.05) is 13.7 Å². The normalized spacial score (nSPS) is 16.2. The lowest BCUT2D eigenvalue weighted by atomic mass is 10.1. The molecule has 4 nitrogen and oxygen atoms in total. The van der Waals surface area contributed by atoms with Crippen molar-refractivity contribution in [2.24, 2.45) is 0 Å². The summed E-state index contributed by atoms with van der Waals surface area (Å²) in [5.41, 5.74) is 0.970. The highest BCUT2D eigenvalue weighted by Crippen LogP contribution is 2.21. The smallest absolute Gasteiger partial charge is 0.230 e. The van der Waals surface area contributed by atoms with Crippen molar-refractivity contribution in [2.45, 2.75) is 19.4 Å². The zero-order valence-electron chi connectivity index (χ0n) is 9.81. The number of benzene rings is 1. The SMILES string of the molecule is COc1ccccc1CN1CCC(=O)CC1=O. The number of ketones is 1. The second-order valence-corrected chi connectivity index (χ2v) is 4.09. The Kier molecular flexibility index (Phi) is 3.42. The van der Waals surface area contributed by atoms with Gasteiger partial charge < -0.3 is 9.64 Å². The van der Waals surface area contributed by atoms with E-state index in [9.17, 15) is 9.59 Å². The Morgan fingerprint density at radius 3 is 2.76 bits per heavy atom. The quantitative estimate of drug-likeness (QED) is 0.741. The third kappa shape index (κ3) is 2.64. The number of Topliss-reactive ketones (excluding diaryl/α,β-unsaturated/α-hetero) is 1. The summed E-state index contributed by atoms with van der Waals surface area (Å²) in [6.07, 6.45) is 0.496. The van der Waals surface area contributed by atoms with Crippen molar-refractivity contribution in [3.8, 4) is 5.75 Å². The molecule has 0 saturated carbocycles. The minimum absolute atomic E-state index is 0.0336. The highest BCUT2D eigenvalue weighted by atomic mass is 16.5. The Morgan fingerprint density at radius 2 is 2.06 bits per heavy atom. The molecule has 0 aliphatic carbocycles. The van der Waals surface area contributed by atoms with Crippen LogP contribution in [0.2, 0.25) is 0 Å². The summed E-state index contributed by atoms with van der Waals surface area (Å²) in [4.78, 5) is 24.5. The molecule has 1 fully saturated rings. The highest BCUT2D eigenvalue weighted by Gasteiger charge is 2.24. The Labute approximate surface area is 100 Å². The molecule has 1 aromatic carbocycles. The second-order valence-electron chi connectivity index (χ2n) is 4.09. The monoisotopic (exact) mass is 233 g/mol. The largest absolute Gasteiger partial charge is 0.496 e. The third-order valence-electron chi connectivity index (χ3n) is 2.92. The van der Waals surface area contributed by atoms with Crippen LogP contribution in [0.5, 0.6) is 5.75 Å². The van der Waals surface area contributed by atoms with Crippen molar-refractivity contribution in [1.29, 1.82) is 0 Å². The highest BCUT2D eigenvalue weighted by molar-refractivity contribution is 6.00. The second kappa shape index (κ2) is 4.99. The summed E-state index contributed by atoms with van der Waals surface area (Å²) in [5.74, 6) is 0.718. The molecule has 0 N–H and O–H groups in total.